The zero-order chi connectivity index (χ0) is 26.1. The van der Waals surface area contributed by atoms with E-state index in [4.69, 9.17) is 17.3 Å². The third-order valence-corrected chi connectivity index (χ3v) is 6.62. The van der Waals surface area contributed by atoms with E-state index in [0.29, 0.717) is 29.7 Å². The van der Waals surface area contributed by atoms with Gasteiger partial charge in [-0.2, -0.15) is 15.3 Å². The number of H-pyrrole nitrogens is 1. The number of terminal acetylenes is 1. The number of fused-ring (bicyclic) bond motifs is 2. The molecule has 4 aromatic rings. The van der Waals surface area contributed by atoms with Gasteiger partial charge in [-0.25, -0.2) is 9.78 Å². The standard InChI is InChI=1S/C27H26N8O2/c1-4-7-9-19(5-2)34-21-12-11-17(14-18(21)15-29-34)24-23-25(27(37)31-30-26(23)28)35(32-24)20-10-8-13-33(16-20)22(36)6-3/h1,5-7,9,11-12,14-15,20H,3,8,10,13,16H2,2H3,(H2,28,30)(H,31,37)/b9-7-,19-5+. The predicted molar refractivity (Wildman–Crippen MR) is 144 cm³/mol. The molecule has 0 radical (unpaired) electrons. The second-order valence-corrected chi connectivity index (χ2v) is 8.78. The fraction of sp³-hybridized carbons (Fsp3) is 0.222. The number of rotatable bonds is 5. The molecule has 1 unspecified atom stereocenters. The number of hydrogen-bond acceptors (Lipinski definition) is 6. The van der Waals surface area contributed by atoms with Gasteiger partial charge in [-0.05, 0) is 50.1 Å². The van der Waals surface area contributed by atoms with E-state index in [1.165, 1.54) is 6.08 Å². The summed E-state index contributed by atoms with van der Waals surface area (Å²) in [5.74, 6) is 2.53. The predicted octanol–water partition coefficient (Wildman–Crippen LogP) is 3.12. The van der Waals surface area contributed by atoms with Gasteiger partial charge >= 0.3 is 0 Å². The van der Waals surface area contributed by atoms with Gasteiger partial charge in [-0.3, -0.25) is 14.3 Å². The van der Waals surface area contributed by atoms with Crippen LogP contribution in [-0.4, -0.2) is 53.7 Å². The maximum Gasteiger partial charge on any atom is 0.290 e. The molecule has 3 aromatic heterocycles. The highest BCUT2D eigenvalue weighted by molar-refractivity contribution is 6.01. The summed E-state index contributed by atoms with van der Waals surface area (Å²) < 4.78 is 3.50. The molecule has 1 saturated heterocycles. The number of amides is 1. The minimum Gasteiger partial charge on any atom is -0.382 e. The van der Waals surface area contributed by atoms with E-state index in [9.17, 15) is 9.59 Å². The zero-order valence-corrected chi connectivity index (χ0v) is 20.4. The molecule has 1 amide bonds. The van der Waals surface area contributed by atoms with Gasteiger partial charge < -0.3 is 10.6 Å². The third kappa shape index (κ3) is 4.10. The van der Waals surface area contributed by atoms with Crippen molar-refractivity contribution in [1.29, 1.82) is 0 Å². The Bertz CT molecular complexity index is 1700. The number of hydrogen-bond donors (Lipinski definition) is 2. The van der Waals surface area contributed by atoms with E-state index in [2.05, 4.69) is 27.8 Å². The Kier molecular flexibility index (Phi) is 6.19. The lowest BCUT2D eigenvalue weighted by atomic mass is 10.1. The molecule has 1 atom stereocenters. The summed E-state index contributed by atoms with van der Waals surface area (Å²) in [4.78, 5) is 26.9. The summed E-state index contributed by atoms with van der Waals surface area (Å²) in [6, 6.07) is 5.62. The molecule has 10 nitrogen and oxygen atoms in total. The number of allylic oxidation sites excluding steroid dienone is 4. The van der Waals surface area contributed by atoms with Gasteiger partial charge in [0.2, 0.25) is 5.91 Å². The first-order valence-electron chi connectivity index (χ1n) is 11.9. The summed E-state index contributed by atoms with van der Waals surface area (Å²) in [6.45, 7) is 6.57. The molecule has 0 bridgehead atoms. The van der Waals surface area contributed by atoms with Gasteiger partial charge in [0, 0.05) is 24.0 Å². The summed E-state index contributed by atoms with van der Waals surface area (Å²) in [5, 5.41) is 17.2. The second kappa shape index (κ2) is 9.62. The van der Waals surface area contributed by atoms with E-state index in [-0.39, 0.29) is 23.3 Å². The Morgan fingerprint density at radius 2 is 2.22 bits per heavy atom. The van der Waals surface area contributed by atoms with Crippen LogP contribution in [0.3, 0.4) is 0 Å². The van der Waals surface area contributed by atoms with Crippen molar-refractivity contribution in [3.63, 3.8) is 0 Å². The lowest BCUT2D eigenvalue weighted by Gasteiger charge is -2.32. The van der Waals surface area contributed by atoms with Crippen molar-refractivity contribution >= 4 is 39.2 Å². The molecule has 0 saturated carbocycles. The number of piperidine rings is 1. The van der Waals surface area contributed by atoms with Crippen molar-refractivity contribution in [2.45, 2.75) is 25.8 Å². The van der Waals surface area contributed by atoms with E-state index >= 15 is 0 Å². The van der Waals surface area contributed by atoms with Crippen molar-refractivity contribution in [2.75, 3.05) is 18.8 Å². The smallest absolute Gasteiger partial charge is 0.290 e. The van der Waals surface area contributed by atoms with Crippen LogP contribution in [0.25, 0.3) is 38.8 Å². The van der Waals surface area contributed by atoms with Crippen LogP contribution >= 0.6 is 0 Å². The number of nitrogen functional groups attached to an aromatic ring is 1. The molecular formula is C27H26N8O2. The lowest BCUT2D eigenvalue weighted by molar-refractivity contribution is -0.127. The normalized spacial score (nSPS) is 16.5. The maximum atomic E-state index is 12.9. The van der Waals surface area contributed by atoms with Crippen LogP contribution in [0.2, 0.25) is 0 Å². The summed E-state index contributed by atoms with van der Waals surface area (Å²) in [7, 11) is 0. The number of aromatic amines is 1. The van der Waals surface area contributed by atoms with Crippen LogP contribution in [0.1, 0.15) is 25.8 Å². The number of carbonyl (C=O) groups is 1. The molecule has 186 valence electrons. The molecule has 5 rings (SSSR count). The first kappa shape index (κ1) is 23.8. The number of nitrogens with one attached hydrogen (secondary N) is 1. The van der Waals surface area contributed by atoms with Crippen LogP contribution in [0, 0.1) is 12.3 Å². The molecule has 3 N–H and O–H groups in total. The highest BCUT2D eigenvalue weighted by atomic mass is 16.2. The first-order valence-corrected chi connectivity index (χ1v) is 11.9. The molecule has 10 heteroatoms. The van der Waals surface area contributed by atoms with Crippen molar-refractivity contribution in [3.05, 3.63) is 65.6 Å². The number of likely N-dealkylation sites (tertiary alicyclic amines) is 1. The Labute approximate surface area is 212 Å². The van der Waals surface area contributed by atoms with Crippen LogP contribution in [0.4, 0.5) is 5.82 Å². The average Bonchev–Trinajstić information content (AvgIpc) is 3.54. The van der Waals surface area contributed by atoms with Gasteiger partial charge in [-0.15, -0.1) is 6.42 Å². The topological polar surface area (TPSA) is 128 Å². The Hall–Kier alpha value is -4.91. The van der Waals surface area contributed by atoms with E-state index in [1.54, 1.807) is 26.5 Å². The highest BCUT2D eigenvalue weighted by Gasteiger charge is 2.28. The minimum atomic E-state index is -0.387. The van der Waals surface area contributed by atoms with Crippen LogP contribution in [-0.2, 0) is 4.79 Å². The SMILES string of the molecule is C#C/C=C\C(=C/C)n1ncc2cc(-c3nn(C4CCCN(C(=O)C=C)C4)c4c(=O)[nH]nc(N)c34)ccc21. The summed E-state index contributed by atoms with van der Waals surface area (Å²) in [5.41, 5.74) is 9.26. The Balaban J connectivity index is 1.64. The molecule has 1 aliphatic heterocycles. The lowest BCUT2D eigenvalue weighted by Crippen LogP contribution is -2.40. The Morgan fingerprint density at radius 3 is 2.97 bits per heavy atom. The molecule has 0 aliphatic carbocycles. The van der Waals surface area contributed by atoms with Crippen molar-refractivity contribution in [2.24, 2.45) is 0 Å². The quantitative estimate of drug-likeness (QED) is 0.249. The van der Waals surface area contributed by atoms with Gasteiger partial charge in [0.1, 0.15) is 11.2 Å². The zero-order valence-electron chi connectivity index (χ0n) is 20.4. The average molecular weight is 495 g/mol. The highest BCUT2D eigenvalue weighted by Crippen LogP contribution is 2.34. The van der Waals surface area contributed by atoms with E-state index in [0.717, 1.165) is 35.0 Å². The summed E-state index contributed by atoms with van der Waals surface area (Å²) >= 11 is 0. The maximum absolute atomic E-state index is 12.9. The molecule has 4 heterocycles. The largest absolute Gasteiger partial charge is 0.382 e. The number of anilines is 1. The number of aromatic nitrogens is 6. The van der Waals surface area contributed by atoms with Gasteiger partial charge in [0.05, 0.1) is 28.8 Å². The molecule has 1 aliphatic rings. The van der Waals surface area contributed by atoms with E-state index < -0.39 is 0 Å². The van der Waals surface area contributed by atoms with E-state index in [1.807, 2.05) is 37.3 Å². The fourth-order valence-corrected chi connectivity index (χ4v) is 4.87. The van der Waals surface area contributed by atoms with Crippen molar-refractivity contribution < 1.29 is 4.79 Å². The van der Waals surface area contributed by atoms with Crippen LogP contribution in [0.15, 0.2) is 60.1 Å². The number of nitrogens with zero attached hydrogens (tertiary/aromatic N) is 6. The number of nitrogens with two attached hydrogens (primary N) is 1. The summed E-state index contributed by atoms with van der Waals surface area (Å²) in [6.07, 6.45) is 15.4. The Morgan fingerprint density at radius 1 is 1.38 bits per heavy atom. The van der Waals surface area contributed by atoms with Crippen molar-refractivity contribution in [1.82, 2.24) is 34.7 Å². The molecule has 0 spiro atoms. The second-order valence-electron chi connectivity index (χ2n) is 8.78. The molecule has 1 fully saturated rings. The van der Waals surface area contributed by atoms with Gasteiger partial charge in [0.25, 0.3) is 5.56 Å². The molecule has 37 heavy (non-hydrogen) atoms. The minimum absolute atomic E-state index is 0.142. The number of benzene rings is 1. The van der Waals surface area contributed by atoms with Crippen LogP contribution in [0.5, 0.6) is 0 Å². The van der Waals surface area contributed by atoms with Gasteiger partial charge in [0.15, 0.2) is 5.82 Å². The molecule has 1 aromatic carbocycles. The monoisotopic (exact) mass is 494 g/mol. The molecular weight excluding hydrogens is 468 g/mol. The number of carbonyl (C=O) groups excluding carboxylic acids is 1. The van der Waals surface area contributed by atoms with Crippen LogP contribution < -0.4 is 11.3 Å². The fourth-order valence-electron chi connectivity index (χ4n) is 4.87. The van der Waals surface area contributed by atoms with Crippen molar-refractivity contribution in [3.8, 4) is 23.6 Å². The van der Waals surface area contributed by atoms with Gasteiger partial charge in [-0.1, -0.05) is 24.6 Å². The third-order valence-electron chi connectivity index (χ3n) is 6.62. The first-order chi connectivity index (χ1) is 18.0.